The normalized spacial score (nSPS) is 19.7. The van der Waals surface area contributed by atoms with Crippen LogP contribution in [0.4, 0.5) is 11.6 Å². The minimum absolute atomic E-state index is 0.0962. The molecule has 1 atom stereocenters. The topological polar surface area (TPSA) is 61.3 Å². The number of β-amino-alcohol motifs (C(OH)–C–C–N with tert-alkyl or cyclic N) is 1. The van der Waals surface area contributed by atoms with E-state index in [0.29, 0.717) is 6.54 Å². The number of hydrogen-bond donors (Lipinski definition) is 2. The molecule has 0 spiro atoms. The van der Waals surface area contributed by atoms with Crippen molar-refractivity contribution >= 4 is 11.6 Å². The fourth-order valence-electron chi connectivity index (χ4n) is 2.63. The van der Waals surface area contributed by atoms with Crippen LogP contribution in [0.3, 0.4) is 0 Å². The van der Waals surface area contributed by atoms with Gasteiger partial charge in [0, 0.05) is 30.6 Å². The first-order valence-electron chi connectivity index (χ1n) is 7.89. The molecule has 2 rings (SSSR count). The van der Waals surface area contributed by atoms with Gasteiger partial charge in [0.1, 0.15) is 17.5 Å². The van der Waals surface area contributed by atoms with Crippen molar-refractivity contribution in [3.05, 3.63) is 11.4 Å². The Hall–Kier alpha value is -1.36. The zero-order chi connectivity index (χ0) is 15.6. The molecular formula is C16H28N4O. The predicted molar refractivity (Wildman–Crippen MR) is 87.1 cm³/mol. The molecule has 1 aromatic rings. The summed E-state index contributed by atoms with van der Waals surface area (Å²) in [4.78, 5) is 11.7. The molecule has 0 aliphatic carbocycles. The van der Waals surface area contributed by atoms with Crippen molar-refractivity contribution < 1.29 is 5.11 Å². The standard InChI is InChI=1S/C16H28N4O/c1-6-17-13-11(2)14(19-15(18-13)16(3,4)5)20-9-7-8-12(21)10-20/h12,21H,6-10H2,1-5H3,(H,17,18,19). The fraction of sp³-hybridized carbons (Fsp3) is 0.750. The summed E-state index contributed by atoms with van der Waals surface area (Å²) in [6.07, 6.45) is 1.63. The molecule has 0 amide bonds. The van der Waals surface area contributed by atoms with E-state index in [1.165, 1.54) is 0 Å². The van der Waals surface area contributed by atoms with Gasteiger partial charge in [-0.15, -0.1) is 0 Å². The van der Waals surface area contributed by atoms with Gasteiger partial charge in [-0.1, -0.05) is 20.8 Å². The molecule has 1 saturated heterocycles. The van der Waals surface area contributed by atoms with Gasteiger partial charge in [-0.3, -0.25) is 0 Å². The third-order valence-corrected chi connectivity index (χ3v) is 3.83. The Morgan fingerprint density at radius 3 is 2.62 bits per heavy atom. The van der Waals surface area contributed by atoms with Crippen LogP contribution < -0.4 is 10.2 Å². The maximum atomic E-state index is 9.93. The quantitative estimate of drug-likeness (QED) is 0.896. The number of nitrogens with zero attached hydrogens (tertiary/aromatic N) is 3. The molecule has 0 bridgehead atoms. The van der Waals surface area contributed by atoms with Crippen molar-refractivity contribution in [1.82, 2.24) is 9.97 Å². The van der Waals surface area contributed by atoms with Gasteiger partial charge in [0.05, 0.1) is 6.10 Å². The summed E-state index contributed by atoms with van der Waals surface area (Å²) >= 11 is 0. The van der Waals surface area contributed by atoms with Crippen LogP contribution in [0.5, 0.6) is 0 Å². The first kappa shape index (κ1) is 16.0. The lowest BCUT2D eigenvalue weighted by molar-refractivity contribution is 0.153. The minimum atomic E-state index is -0.256. The van der Waals surface area contributed by atoms with E-state index >= 15 is 0 Å². The largest absolute Gasteiger partial charge is 0.391 e. The molecule has 1 unspecified atom stereocenters. The SMILES string of the molecule is CCNc1nc(C(C)(C)C)nc(N2CCCC(O)C2)c1C. The Balaban J connectivity index is 2.45. The maximum Gasteiger partial charge on any atom is 0.138 e. The van der Waals surface area contributed by atoms with E-state index in [1.54, 1.807) is 0 Å². The maximum absolute atomic E-state index is 9.93. The molecule has 2 N–H and O–H groups in total. The average Bonchev–Trinajstić information content (AvgIpc) is 2.40. The third-order valence-electron chi connectivity index (χ3n) is 3.83. The summed E-state index contributed by atoms with van der Waals surface area (Å²) in [7, 11) is 0. The number of aliphatic hydroxyl groups is 1. The van der Waals surface area contributed by atoms with Gasteiger partial charge in [0.2, 0.25) is 0 Å². The zero-order valence-electron chi connectivity index (χ0n) is 13.9. The second kappa shape index (κ2) is 6.18. The second-order valence-electron chi connectivity index (χ2n) is 6.87. The van der Waals surface area contributed by atoms with Gasteiger partial charge in [0.25, 0.3) is 0 Å². The highest BCUT2D eigenvalue weighted by atomic mass is 16.3. The number of rotatable bonds is 3. The number of aliphatic hydroxyl groups excluding tert-OH is 1. The third kappa shape index (κ3) is 3.64. The first-order chi connectivity index (χ1) is 9.82. The number of nitrogens with one attached hydrogen (secondary N) is 1. The number of piperidine rings is 1. The molecule has 1 aliphatic rings. The second-order valence-corrected chi connectivity index (χ2v) is 6.87. The van der Waals surface area contributed by atoms with E-state index in [0.717, 1.165) is 49.0 Å². The molecule has 1 aromatic heterocycles. The fourth-order valence-corrected chi connectivity index (χ4v) is 2.63. The molecule has 5 heteroatoms. The number of anilines is 2. The van der Waals surface area contributed by atoms with Crippen molar-refractivity contribution in [2.75, 3.05) is 29.9 Å². The van der Waals surface area contributed by atoms with Crippen LogP contribution in [-0.4, -0.2) is 40.8 Å². The summed E-state index contributed by atoms with van der Waals surface area (Å²) in [5.74, 6) is 2.72. The van der Waals surface area contributed by atoms with Gasteiger partial charge in [-0.2, -0.15) is 0 Å². The zero-order valence-corrected chi connectivity index (χ0v) is 13.9. The van der Waals surface area contributed by atoms with Crippen LogP contribution in [-0.2, 0) is 5.41 Å². The van der Waals surface area contributed by atoms with Crippen LogP contribution in [0, 0.1) is 6.92 Å². The molecule has 1 aliphatic heterocycles. The van der Waals surface area contributed by atoms with Crippen LogP contribution in [0.1, 0.15) is 51.9 Å². The van der Waals surface area contributed by atoms with E-state index < -0.39 is 0 Å². The molecule has 0 saturated carbocycles. The van der Waals surface area contributed by atoms with Crippen LogP contribution in [0.2, 0.25) is 0 Å². The summed E-state index contributed by atoms with van der Waals surface area (Å²) in [5, 5.41) is 13.3. The Bertz CT molecular complexity index is 496. The van der Waals surface area contributed by atoms with E-state index in [9.17, 15) is 5.11 Å². The highest BCUT2D eigenvalue weighted by Crippen LogP contribution is 2.30. The summed E-state index contributed by atoms with van der Waals surface area (Å²) in [5.41, 5.74) is 0.972. The van der Waals surface area contributed by atoms with Gasteiger partial charge in [-0.25, -0.2) is 9.97 Å². The Kier molecular flexibility index (Phi) is 4.71. The smallest absolute Gasteiger partial charge is 0.138 e. The predicted octanol–water partition coefficient (Wildman–Crippen LogP) is 2.48. The molecular weight excluding hydrogens is 264 g/mol. The van der Waals surface area contributed by atoms with Crippen LogP contribution in [0.25, 0.3) is 0 Å². The Morgan fingerprint density at radius 2 is 2.05 bits per heavy atom. The summed E-state index contributed by atoms with van der Waals surface area (Å²) in [6, 6.07) is 0. The monoisotopic (exact) mass is 292 g/mol. The lowest BCUT2D eigenvalue weighted by atomic mass is 9.95. The molecule has 1 fully saturated rings. The highest BCUT2D eigenvalue weighted by Gasteiger charge is 2.25. The lowest BCUT2D eigenvalue weighted by Gasteiger charge is -2.33. The van der Waals surface area contributed by atoms with Gasteiger partial charge >= 0.3 is 0 Å². The lowest BCUT2D eigenvalue weighted by Crippen LogP contribution is -2.39. The molecule has 0 radical (unpaired) electrons. The minimum Gasteiger partial charge on any atom is -0.391 e. The van der Waals surface area contributed by atoms with E-state index in [-0.39, 0.29) is 11.5 Å². The van der Waals surface area contributed by atoms with E-state index in [1.807, 2.05) is 0 Å². The molecule has 118 valence electrons. The van der Waals surface area contributed by atoms with Crippen molar-refractivity contribution in [2.24, 2.45) is 0 Å². The summed E-state index contributed by atoms with van der Waals surface area (Å²) < 4.78 is 0. The van der Waals surface area contributed by atoms with Gasteiger partial charge in [0.15, 0.2) is 0 Å². The number of aromatic nitrogens is 2. The average molecular weight is 292 g/mol. The van der Waals surface area contributed by atoms with Gasteiger partial charge < -0.3 is 15.3 Å². The van der Waals surface area contributed by atoms with E-state index in [2.05, 4.69) is 44.8 Å². The molecule has 2 heterocycles. The Morgan fingerprint density at radius 1 is 1.33 bits per heavy atom. The van der Waals surface area contributed by atoms with Crippen molar-refractivity contribution in [2.45, 2.75) is 59.0 Å². The van der Waals surface area contributed by atoms with Crippen LogP contribution >= 0.6 is 0 Å². The molecule has 0 aromatic carbocycles. The van der Waals surface area contributed by atoms with Crippen molar-refractivity contribution in [1.29, 1.82) is 0 Å². The molecule has 21 heavy (non-hydrogen) atoms. The van der Waals surface area contributed by atoms with E-state index in [4.69, 9.17) is 9.97 Å². The highest BCUT2D eigenvalue weighted by molar-refractivity contribution is 5.59. The summed E-state index contributed by atoms with van der Waals surface area (Å²) in [6.45, 7) is 13.0. The number of hydrogen-bond acceptors (Lipinski definition) is 5. The Labute approximate surface area is 127 Å². The first-order valence-corrected chi connectivity index (χ1v) is 7.89. The van der Waals surface area contributed by atoms with Gasteiger partial charge in [-0.05, 0) is 26.7 Å². The van der Waals surface area contributed by atoms with Crippen LogP contribution in [0.15, 0.2) is 0 Å². The van der Waals surface area contributed by atoms with Crippen molar-refractivity contribution in [3.8, 4) is 0 Å². The van der Waals surface area contributed by atoms with Crippen molar-refractivity contribution in [3.63, 3.8) is 0 Å². The molecule has 5 nitrogen and oxygen atoms in total.